The van der Waals surface area contributed by atoms with Crippen molar-refractivity contribution in [3.8, 4) is 0 Å². The van der Waals surface area contributed by atoms with Crippen molar-refractivity contribution in [1.82, 2.24) is 9.62 Å². The first kappa shape index (κ1) is 14.3. The lowest BCUT2D eigenvalue weighted by Gasteiger charge is -2.31. The van der Waals surface area contributed by atoms with E-state index in [2.05, 4.69) is 12.2 Å². The summed E-state index contributed by atoms with van der Waals surface area (Å²) in [6.07, 6.45) is 6.54. The highest BCUT2D eigenvalue weighted by molar-refractivity contribution is 7.89. The number of hydrogen-bond donors (Lipinski definition) is 1. The van der Waals surface area contributed by atoms with Crippen molar-refractivity contribution in [2.45, 2.75) is 51.5 Å². The van der Waals surface area contributed by atoms with Crippen LogP contribution in [0.15, 0.2) is 0 Å². The van der Waals surface area contributed by atoms with Gasteiger partial charge < -0.3 is 5.32 Å². The lowest BCUT2D eigenvalue weighted by atomic mass is 10.0. The Balaban J connectivity index is 1.82. The van der Waals surface area contributed by atoms with E-state index in [1.165, 1.54) is 12.8 Å². The first-order valence-corrected chi connectivity index (χ1v) is 8.90. The summed E-state index contributed by atoms with van der Waals surface area (Å²) in [7, 11) is -3.02. The topological polar surface area (TPSA) is 49.4 Å². The standard InChI is InChI=1S/C13H26N2O2S/c1-12-5-4-9-15(11-12)18(16,17)10-7-13-6-2-3-8-14-13/h12-14H,2-11H2,1H3. The van der Waals surface area contributed by atoms with E-state index in [4.69, 9.17) is 0 Å². The molecule has 2 atom stereocenters. The Hall–Kier alpha value is -0.130. The third kappa shape index (κ3) is 3.93. The van der Waals surface area contributed by atoms with Gasteiger partial charge in [-0.05, 0) is 44.6 Å². The Labute approximate surface area is 111 Å². The van der Waals surface area contributed by atoms with E-state index in [0.717, 1.165) is 45.3 Å². The van der Waals surface area contributed by atoms with Gasteiger partial charge in [-0.2, -0.15) is 0 Å². The van der Waals surface area contributed by atoms with E-state index in [-0.39, 0.29) is 0 Å². The summed E-state index contributed by atoms with van der Waals surface area (Å²) >= 11 is 0. The Morgan fingerprint density at radius 2 is 2.06 bits per heavy atom. The molecule has 2 aliphatic heterocycles. The molecule has 2 heterocycles. The molecule has 18 heavy (non-hydrogen) atoms. The second-order valence-electron chi connectivity index (χ2n) is 5.86. The van der Waals surface area contributed by atoms with Gasteiger partial charge in [0.15, 0.2) is 0 Å². The Morgan fingerprint density at radius 1 is 1.22 bits per heavy atom. The first-order valence-electron chi connectivity index (χ1n) is 7.29. The molecule has 2 rings (SSSR count). The normalized spacial score (nSPS) is 31.4. The van der Waals surface area contributed by atoms with Crippen LogP contribution in [0.25, 0.3) is 0 Å². The average Bonchev–Trinajstić information content (AvgIpc) is 2.38. The zero-order valence-corrected chi connectivity index (χ0v) is 12.2. The maximum atomic E-state index is 12.3. The summed E-state index contributed by atoms with van der Waals surface area (Å²) < 4.78 is 26.3. The zero-order chi connectivity index (χ0) is 13.0. The SMILES string of the molecule is CC1CCCN(S(=O)(=O)CCC2CCCCN2)C1. The number of hydrogen-bond acceptors (Lipinski definition) is 3. The lowest BCUT2D eigenvalue weighted by molar-refractivity contribution is 0.280. The van der Waals surface area contributed by atoms with Crippen LogP contribution in [0.1, 0.15) is 45.4 Å². The van der Waals surface area contributed by atoms with Crippen LogP contribution in [-0.4, -0.2) is 44.2 Å². The summed E-state index contributed by atoms with van der Waals surface area (Å²) in [6, 6.07) is 0.413. The van der Waals surface area contributed by atoms with Gasteiger partial charge in [-0.25, -0.2) is 12.7 Å². The smallest absolute Gasteiger partial charge is 0.214 e. The predicted octanol–water partition coefficient (Wildman–Crippen LogP) is 1.58. The number of rotatable bonds is 4. The Morgan fingerprint density at radius 3 is 2.72 bits per heavy atom. The van der Waals surface area contributed by atoms with Crippen molar-refractivity contribution < 1.29 is 8.42 Å². The molecule has 0 aromatic carbocycles. The van der Waals surface area contributed by atoms with Crippen LogP contribution in [0.2, 0.25) is 0 Å². The molecule has 1 N–H and O–H groups in total. The molecule has 0 aliphatic carbocycles. The molecule has 0 amide bonds. The molecule has 0 bridgehead atoms. The van der Waals surface area contributed by atoms with E-state index in [0.29, 0.717) is 17.7 Å². The van der Waals surface area contributed by atoms with Crippen molar-refractivity contribution in [3.63, 3.8) is 0 Å². The predicted molar refractivity (Wildman–Crippen MR) is 74.0 cm³/mol. The zero-order valence-electron chi connectivity index (χ0n) is 11.4. The largest absolute Gasteiger partial charge is 0.314 e. The van der Waals surface area contributed by atoms with Gasteiger partial charge in [-0.3, -0.25) is 0 Å². The molecule has 0 radical (unpaired) electrons. The van der Waals surface area contributed by atoms with Gasteiger partial charge in [-0.15, -0.1) is 0 Å². The number of nitrogens with zero attached hydrogens (tertiary/aromatic N) is 1. The fraction of sp³-hybridized carbons (Fsp3) is 1.00. The summed E-state index contributed by atoms with van der Waals surface area (Å²) in [5.74, 6) is 0.832. The quantitative estimate of drug-likeness (QED) is 0.847. The summed E-state index contributed by atoms with van der Waals surface area (Å²) in [4.78, 5) is 0. The fourth-order valence-corrected chi connectivity index (χ4v) is 4.72. The van der Waals surface area contributed by atoms with Crippen LogP contribution in [0.3, 0.4) is 0 Å². The van der Waals surface area contributed by atoms with Crippen molar-refractivity contribution in [2.24, 2.45) is 5.92 Å². The van der Waals surface area contributed by atoms with Gasteiger partial charge in [0.25, 0.3) is 0 Å². The van der Waals surface area contributed by atoms with Crippen LogP contribution in [0, 0.1) is 5.92 Å². The van der Waals surface area contributed by atoms with Gasteiger partial charge in [0.05, 0.1) is 5.75 Å². The molecule has 0 aromatic rings. The van der Waals surface area contributed by atoms with E-state index in [1.54, 1.807) is 4.31 Å². The van der Waals surface area contributed by atoms with Crippen molar-refractivity contribution >= 4 is 10.0 Å². The molecule has 2 aliphatic rings. The fourth-order valence-electron chi connectivity index (χ4n) is 2.99. The average molecular weight is 274 g/mol. The van der Waals surface area contributed by atoms with Gasteiger partial charge in [-0.1, -0.05) is 13.3 Å². The second-order valence-corrected chi connectivity index (χ2v) is 7.95. The molecule has 2 unspecified atom stereocenters. The minimum atomic E-state index is -3.02. The highest BCUT2D eigenvalue weighted by Crippen LogP contribution is 2.20. The van der Waals surface area contributed by atoms with Gasteiger partial charge in [0.1, 0.15) is 0 Å². The molecular weight excluding hydrogens is 248 g/mol. The molecule has 0 aromatic heterocycles. The maximum Gasteiger partial charge on any atom is 0.214 e. The maximum absolute atomic E-state index is 12.3. The minimum absolute atomic E-state index is 0.317. The van der Waals surface area contributed by atoms with E-state index in [9.17, 15) is 8.42 Å². The Bertz CT molecular complexity index is 350. The monoisotopic (exact) mass is 274 g/mol. The minimum Gasteiger partial charge on any atom is -0.314 e. The van der Waals surface area contributed by atoms with Gasteiger partial charge in [0.2, 0.25) is 10.0 Å². The van der Waals surface area contributed by atoms with Crippen LogP contribution in [0.5, 0.6) is 0 Å². The molecular formula is C13H26N2O2S. The van der Waals surface area contributed by atoms with Crippen molar-refractivity contribution in [2.75, 3.05) is 25.4 Å². The number of sulfonamides is 1. The van der Waals surface area contributed by atoms with E-state index >= 15 is 0 Å². The summed E-state index contributed by atoms with van der Waals surface area (Å²) in [6.45, 7) is 4.64. The van der Waals surface area contributed by atoms with E-state index < -0.39 is 10.0 Å². The van der Waals surface area contributed by atoms with E-state index in [1.807, 2.05) is 0 Å². The molecule has 2 saturated heterocycles. The number of piperidine rings is 2. The number of nitrogens with one attached hydrogen (secondary N) is 1. The lowest BCUT2D eigenvalue weighted by Crippen LogP contribution is -2.42. The first-order chi connectivity index (χ1) is 8.58. The van der Waals surface area contributed by atoms with Crippen LogP contribution in [0.4, 0.5) is 0 Å². The Kier molecular flexibility index (Phi) is 5.04. The van der Waals surface area contributed by atoms with Crippen molar-refractivity contribution in [1.29, 1.82) is 0 Å². The second kappa shape index (κ2) is 6.35. The molecule has 2 fully saturated rings. The van der Waals surface area contributed by atoms with Crippen LogP contribution < -0.4 is 5.32 Å². The molecule has 0 saturated carbocycles. The third-order valence-corrected chi connectivity index (χ3v) is 6.02. The summed E-state index contributed by atoms with van der Waals surface area (Å²) in [5.41, 5.74) is 0. The highest BCUT2D eigenvalue weighted by Gasteiger charge is 2.27. The molecule has 4 nitrogen and oxygen atoms in total. The molecule has 106 valence electrons. The van der Waals surface area contributed by atoms with Crippen LogP contribution >= 0.6 is 0 Å². The summed E-state index contributed by atoms with van der Waals surface area (Å²) in [5, 5.41) is 3.42. The van der Waals surface area contributed by atoms with Gasteiger partial charge >= 0.3 is 0 Å². The van der Waals surface area contributed by atoms with Crippen molar-refractivity contribution in [3.05, 3.63) is 0 Å². The molecule has 5 heteroatoms. The van der Waals surface area contributed by atoms with Crippen LogP contribution in [-0.2, 0) is 10.0 Å². The third-order valence-electron chi connectivity index (χ3n) is 4.15. The molecule has 0 spiro atoms. The van der Waals surface area contributed by atoms with Gasteiger partial charge in [0, 0.05) is 19.1 Å². The highest BCUT2D eigenvalue weighted by atomic mass is 32.2.